The van der Waals surface area contributed by atoms with E-state index in [-0.39, 0.29) is 31.4 Å². The lowest BCUT2D eigenvalue weighted by Gasteiger charge is -2.22. The molecule has 0 aliphatic carbocycles. The third-order valence-corrected chi connectivity index (χ3v) is 3.72. The quantitative estimate of drug-likeness (QED) is 0.463. The summed E-state index contributed by atoms with van der Waals surface area (Å²) in [5, 5.41) is 0.814. The molecule has 1 aromatic rings. The summed E-state index contributed by atoms with van der Waals surface area (Å²) in [7, 11) is 2.90. The fourth-order valence-corrected chi connectivity index (χ4v) is 2.38. The highest BCUT2D eigenvalue weighted by Gasteiger charge is 2.16. The second kappa shape index (κ2) is 11.1. The van der Waals surface area contributed by atoms with Gasteiger partial charge in [-0.2, -0.15) is 0 Å². The van der Waals surface area contributed by atoms with Gasteiger partial charge >= 0.3 is 5.97 Å². The van der Waals surface area contributed by atoms with Crippen LogP contribution in [0.25, 0.3) is 0 Å². The van der Waals surface area contributed by atoms with Crippen LogP contribution in [0.1, 0.15) is 12.8 Å². The van der Waals surface area contributed by atoms with Crippen molar-refractivity contribution in [3.63, 3.8) is 0 Å². The lowest BCUT2D eigenvalue weighted by Crippen LogP contribution is -2.37. The fourth-order valence-electron chi connectivity index (χ4n) is 1.91. The number of ether oxygens (including phenoxy) is 3. The first-order chi connectivity index (χ1) is 11.5. The van der Waals surface area contributed by atoms with Gasteiger partial charge in [-0.1, -0.05) is 23.2 Å². The Morgan fingerprint density at radius 1 is 1.17 bits per heavy atom. The van der Waals surface area contributed by atoms with Crippen LogP contribution in [0, 0.1) is 0 Å². The molecular weight excluding hydrogens is 357 g/mol. The van der Waals surface area contributed by atoms with Crippen LogP contribution in [-0.4, -0.2) is 57.3 Å². The van der Waals surface area contributed by atoms with Crippen LogP contribution in [0.15, 0.2) is 18.2 Å². The highest BCUT2D eigenvalue weighted by Crippen LogP contribution is 2.27. The maximum absolute atomic E-state index is 12.3. The molecule has 134 valence electrons. The minimum Gasteiger partial charge on any atom is -0.482 e. The highest BCUT2D eigenvalue weighted by atomic mass is 35.5. The van der Waals surface area contributed by atoms with E-state index >= 15 is 0 Å². The lowest BCUT2D eigenvalue weighted by molar-refractivity contribution is -0.142. The molecule has 0 bridgehead atoms. The van der Waals surface area contributed by atoms with Crippen molar-refractivity contribution in [1.82, 2.24) is 4.90 Å². The first kappa shape index (κ1) is 20.5. The number of nitrogens with zero attached hydrogens (tertiary/aromatic N) is 1. The molecule has 24 heavy (non-hydrogen) atoms. The van der Waals surface area contributed by atoms with Crippen LogP contribution in [0.3, 0.4) is 0 Å². The number of carbonyl (C=O) groups is 2. The van der Waals surface area contributed by atoms with E-state index < -0.39 is 0 Å². The van der Waals surface area contributed by atoms with E-state index in [0.29, 0.717) is 35.4 Å². The third-order valence-electron chi connectivity index (χ3n) is 3.19. The Morgan fingerprint density at radius 3 is 2.54 bits per heavy atom. The molecule has 0 atom stereocenters. The molecule has 1 rings (SSSR count). The van der Waals surface area contributed by atoms with Gasteiger partial charge in [0.25, 0.3) is 5.91 Å². The molecule has 0 radical (unpaired) electrons. The fraction of sp³-hybridized carbons (Fsp3) is 0.500. The van der Waals surface area contributed by atoms with Gasteiger partial charge in [0.1, 0.15) is 5.75 Å². The Bertz CT molecular complexity index is 553. The Hall–Kier alpha value is -1.50. The van der Waals surface area contributed by atoms with Crippen molar-refractivity contribution in [3.8, 4) is 5.75 Å². The zero-order chi connectivity index (χ0) is 17.9. The van der Waals surface area contributed by atoms with Crippen LogP contribution in [0.2, 0.25) is 10.0 Å². The van der Waals surface area contributed by atoms with E-state index in [1.807, 2.05) is 0 Å². The minimum atomic E-state index is -0.374. The van der Waals surface area contributed by atoms with Crippen molar-refractivity contribution in [3.05, 3.63) is 28.2 Å². The van der Waals surface area contributed by atoms with Gasteiger partial charge in [0.2, 0.25) is 0 Å². The second-order valence-corrected chi connectivity index (χ2v) is 5.76. The number of hydrogen-bond donors (Lipinski definition) is 0. The largest absolute Gasteiger partial charge is 0.482 e. The Kier molecular flexibility index (Phi) is 9.52. The van der Waals surface area contributed by atoms with Crippen molar-refractivity contribution in [2.24, 2.45) is 0 Å². The van der Waals surface area contributed by atoms with Gasteiger partial charge in [-0.25, -0.2) is 0 Å². The third kappa shape index (κ3) is 7.38. The molecule has 1 aromatic carbocycles. The zero-order valence-electron chi connectivity index (χ0n) is 13.7. The van der Waals surface area contributed by atoms with Gasteiger partial charge in [-0.05, 0) is 24.6 Å². The van der Waals surface area contributed by atoms with E-state index in [9.17, 15) is 9.59 Å². The molecule has 0 heterocycles. The average molecular weight is 378 g/mol. The maximum atomic E-state index is 12.3. The zero-order valence-corrected chi connectivity index (χ0v) is 15.2. The topological polar surface area (TPSA) is 65.1 Å². The monoisotopic (exact) mass is 377 g/mol. The molecule has 0 saturated carbocycles. The molecule has 0 aliphatic heterocycles. The highest BCUT2D eigenvalue weighted by molar-refractivity contribution is 6.35. The Labute approximate surface area is 151 Å². The Balaban J connectivity index is 2.59. The van der Waals surface area contributed by atoms with Gasteiger partial charge in [0.15, 0.2) is 6.61 Å². The van der Waals surface area contributed by atoms with Gasteiger partial charge in [0, 0.05) is 31.8 Å². The van der Waals surface area contributed by atoms with E-state index in [4.69, 9.17) is 32.7 Å². The van der Waals surface area contributed by atoms with E-state index in [1.54, 1.807) is 24.1 Å². The number of esters is 1. The summed E-state index contributed by atoms with van der Waals surface area (Å²) in [4.78, 5) is 25.1. The van der Waals surface area contributed by atoms with Crippen molar-refractivity contribution in [2.75, 3.05) is 40.5 Å². The van der Waals surface area contributed by atoms with Crippen molar-refractivity contribution < 1.29 is 23.8 Å². The van der Waals surface area contributed by atoms with Crippen molar-refractivity contribution >= 4 is 35.1 Å². The molecule has 0 N–H and O–H groups in total. The van der Waals surface area contributed by atoms with Gasteiger partial charge in [-0.15, -0.1) is 0 Å². The number of benzene rings is 1. The molecule has 6 nitrogen and oxygen atoms in total. The molecule has 8 heteroatoms. The number of hydrogen-bond acceptors (Lipinski definition) is 5. The Morgan fingerprint density at radius 2 is 1.92 bits per heavy atom. The molecule has 0 saturated heterocycles. The summed E-state index contributed by atoms with van der Waals surface area (Å²) in [6.07, 6.45) is 0.780. The first-order valence-corrected chi connectivity index (χ1v) is 8.15. The van der Waals surface area contributed by atoms with Crippen LogP contribution < -0.4 is 4.74 Å². The summed E-state index contributed by atoms with van der Waals surface area (Å²) in [6, 6.07) is 4.76. The van der Waals surface area contributed by atoms with Crippen LogP contribution in [0.4, 0.5) is 0 Å². The number of amides is 1. The standard InChI is InChI=1S/C16H21Cl2NO5/c1-22-9-3-7-19(8-6-16(21)23-2)15(20)11-24-14-5-4-12(17)10-13(14)18/h4-5,10H,3,6-9,11H2,1-2H3. The second-order valence-electron chi connectivity index (χ2n) is 4.92. The van der Waals surface area contributed by atoms with E-state index in [1.165, 1.54) is 13.2 Å². The van der Waals surface area contributed by atoms with Gasteiger partial charge in [0.05, 0.1) is 18.6 Å². The number of methoxy groups -OCH3 is 2. The van der Waals surface area contributed by atoms with Crippen LogP contribution >= 0.6 is 23.2 Å². The molecule has 0 unspecified atom stereocenters. The summed E-state index contributed by atoms with van der Waals surface area (Å²) in [6.45, 7) is 1.05. The van der Waals surface area contributed by atoms with Crippen LogP contribution in [0.5, 0.6) is 5.75 Å². The van der Waals surface area contributed by atoms with Crippen molar-refractivity contribution in [2.45, 2.75) is 12.8 Å². The molecule has 1 amide bonds. The van der Waals surface area contributed by atoms with E-state index in [2.05, 4.69) is 4.74 Å². The summed E-state index contributed by atoms with van der Waals surface area (Å²) < 4.78 is 15.0. The summed E-state index contributed by atoms with van der Waals surface area (Å²) in [5.74, 6) is -0.249. The summed E-state index contributed by atoms with van der Waals surface area (Å²) >= 11 is 11.8. The van der Waals surface area contributed by atoms with Gasteiger partial charge in [-0.3, -0.25) is 9.59 Å². The predicted octanol–water partition coefficient (Wildman–Crippen LogP) is 2.80. The smallest absolute Gasteiger partial charge is 0.307 e. The summed E-state index contributed by atoms with van der Waals surface area (Å²) in [5.41, 5.74) is 0. The number of carbonyl (C=O) groups excluding carboxylic acids is 2. The predicted molar refractivity (Wildman–Crippen MR) is 91.7 cm³/mol. The molecule has 0 aromatic heterocycles. The van der Waals surface area contributed by atoms with Gasteiger partial charge < -0.3 is 19.1 Å². The SMILES string of the molecule is COCCCN(CCC(=O)OC)C(=O)COc1ccc(Cl)cc1Cl. The molecule has 0 aliphatic rings. The molecular formula is C16H21Cl2NO5. The molecule has 0 spiro atoms. The normalized spacial score (nSPS) is 10.3. The minimum absolute atomic E-state index is 0.122. The van der Waals surface area contributed by atoms with E-state index in [0.717, 1.165) is 0 Å². The first-order valence-electron chi connectivity index (χ1n) is 7.39. The number of rotatable bonds is 10. The maximum Gasteiger partial charge on any atom is 0.307 e. The average Bonchev–Trinajstić information content (AvgIpc) is 2.56. The number of halogens is 2. The van der Waals surface area contributed by atoms with Crippen molar-refractivity contribution in [1.29, 1.82) is 0 Å². The lowest BCUT2D eigenvalue weighted by atomic mass is 10.3. The van der Waals surface area contributed by atoms with Crippen LogP contribution in [-0.2, 0) is 19.1 Å². The molecule has 0 fully saturated rings.